The Hall–Kier alpha value is -3.09. The van der Waals surface area contributed by atoms with Gasteiger partial charge >= 0.3 is 6.18 Å². The molecule has 2 aliphatic heterocycles. The van der Waals surface area contributed by atoms with Gasteiger partial charge in [-0.3, -0.25) is 19.8 Å². The van der Waals surface area contributed by atoms with E-state index in [9.17, 15) is 26.7 Å². The molecule has 220 valence electrons. The summed E-state index contributed by atoms with van der Waals surface area (Å²) in [7, 11) is 1.87. The van der Waals surface area contributed by atoms with Crippen molar-refractivity contribution in [1.29, 1.82) is 0 Å². The molecule has 4 unspecified atom stereocenters. The van der Waals surface area contributed by atoms with Crippen molar-refractivity contribution in [2.24, 2.45) is 24.8 Å². The molecule has 0 bridgehead atoms. The van der Waals surface area contributed by atoms with Crippen molar-refractivity contribution in [3.8, 4) is 0 Å². The molecule has 7 nitrogen and oxygen atoms in total. The van der Waals surface area contributed by atoms with Crippen LogP contribution in [0.4, 0.5) is 22.0 Å². The lowest BCUT2D eigenvalue weighted by Crippen LogP contribution is -2.54. The first-order valence-corrected chi connectivity index (χ1v) is 14.0. The Kier molecular flexibility index (Phi) is 7.50. The fraction of sp³-hybridized carbons (Fsp3) is 0.517. The maximum atomic E-state index is 14.3. The van der Waals surface area contributed by atoms with Crippen molar-refractivity contribution in [3.63, 3.8) is 0 Å². The number of piperidine rings is 1. The standard InChI is InChI=1S/C29H33F5N6O/c1-39-12-18-9-16(5-7-25(18)38-39)27-21-10-17(6-8-26(21)36-37-27)28(41)35-20-11-19(29(32,33)34)13-40(14-20)15-22-23(30)3-2-4-24(22)31/h2-5,7,9,12,17,19-21,26-27,36-37H,6,8,10-11,13-15H2,1H3,(H,35,41)/t17?,19-,20+,21?,26?,27?/m0/s1. The van der Waals surface area contributed by atoms with Gasteiger partial charge in [0.2, 0.25) is 5.91 Å². The average molecular weight is 577 g/mol. The van der Waals surface area contributed by atoms with Crippen LogP contribution in [0.5, 0.6) is 0 Å². The lowest BCUT2D eigenvalue weighted by atomic mass is 9.74. The largest absolute Gasteiger partial charge is 0.393 e. The maximum absolute atomic E-state index is 14.3. The Bertz CT molecular complexity index is 1410. The molecule has 1 saturated carbocycles. The molecule has 2 saturated heterocycles. The Morgan fingerprint density at radius 2 is 1.85 bits per heavy atom. The number of carbonyl (C=O) groups is 1. The van der Waals surface area contributed by atoms with E-state index in [0.29, 0.717) is 12.8 Å². The summed E-state index contributed by atoms with van der Waals surface area (Å²) in [5.74, 6) is -3.78. The Labute approximate surface area is 234 Å². The van der Waals surface area contributed by atoms with Gasteiger partial charge in [0.1, 0.15) is 11.6 Å². The molecule has 3 aliphatic rings. The van der Waals surface area contributed by atoms with Crippen LogP contribution in [-0.2, 0) is 18.4 Å². The monoisotopic (exact) mass is 576 g/mol. The van der Waals surface area contributed by atoms with E-state index in [1.165, 1.54) is 11.0 Å². The van der Waals surface area contributed by atoms with Gasteiger partial charge in [0.25, 0.3) is 0 Å². The highest BCUT2D eigenvalue weighted by Gasteiger charge is 2.46. The van der Waals surface area contributed by atoms with E-state index in [4.69, 9.17) is 0 Å². The fourth-order valence-electron chi connectivity index (χ4n) is 6.87. The number of fused-ring (bicyclic) bond motifs is 2. The normalized spacial score (nSPS) is 29.0. The number of hydrogen-bond acceptors (Lipinski definition) is 5. The van der Waals surface area contributed by atoms with E-state index in [1.54, 1.807) is 4.68 Å². The van der Waals surface area contributed by atoms with Crippen LogP contribution in [0.3, 0.4) is 0 Å². The van der Waals surface area contributed by atoms with Gasteiger partial charge in [0.05, 0.1) is 17.5 Å². The number of amides is 1. The van der Waals surface area contributed by atoms with E-state index in [0.717, 1.165) is 35.0 Å². The van der Waals surface area contributed by atoms with Crippen LogP contribution >= 0.6 is 0 Å². The minimum Gasteiger partial charge on any atom is -0.352 e. The number of halogens is 5. The van der Waals surface area contributed by atoms with Crippen molar-refractivity contribution in [1.82, 2.24) is 30.8 Å². The molecule has 6 atom stereocenters. The smallest absolute Gasteiger partial charge is 0.352 e. The van der Waals surface area contributed by atoms with Crippen LogP contribution in [0.25, 0.3) is 10.9 Å². The summed E-state index contributed by atoms with van der Waals surface area (Å²) in [6.45, 7) is -0.593. The Morgan fingerprint density at radius 1 is 1.07 bits per heavy atom. The third-order valence-electron chi connectivity index (χ3n) is 8.90. The molecule has 0 radical (unpaired) electrons. The quantitative estimate of drug-likeness (QED) is 0.394. The average Bonchev–Trinajstić information content (AvgIpc) is 3.51. The van der Waals surface area contributed by atoms with Crippen LogP contribution in [0.2, 0.25) is 0 Å². The number of alkyl halides is 3. The van der Waals surface area contributed by atoms with Gasteiger partial charge in [-0.25, -0.2) is 14.2 Å². The number of aryl methyl sites for hydroxylation is 1. The molecule has 1 aromatic heterocycles. The van der Waals surface area contributed by atoms with E-state index in [-0.39, 0.29) is 61.4 Å². The summed E-state index contributed by atoms with van der Waals surface area (Å²) in [6.07, 6.45) is -0.826. The summed E-state index contributed by atoms with van der Waals surface area (Å²) in [6, 6.07) is 8.90. The van der Waals surface area contributed by atoms with Gasteiger partial charge in [-0.2, -0.15) is 18.3 Å². The van der Waals surface area contributed by atoms with E-state index >= 15 is 0 Å². The summed E-state index contributed by atoms with van der Waals surface area (Å²) in [5.41, 5.74) is 8.47. The van der Waals surface area contributed by atoms with Crippen molar-refractivity contribution >= 4 is 16.8 Å². The number of nitrogens with zero attached hydrogens (tertiary/aromatic N) is 3. The molecular weight excluding hydrogens is 543 g/mol. The van der Waals surface area contributed by atoms with Gasteiger partial charge in [0, 0.05) is 61.8 Å². The Balaban J connectivity index is 1.14. The number of rotatable bonds is 5. The zero-order valence-electron chi connectivity index (χ0n) is 22.6. The van der Waals surface area contributed by atoms with E-state index in [1.807, 2.05) is 25.4 Å². The molecule has 2 aromatic carbocycles. The first-order chi connectivity index (χ1) is 19.5. The molecule has 1 amide bonds. The Morgan fingerprint density at radius 3 is 2.61 bits per heavy atom. The van der Waals surface area contributed by atoms with Crippen molar-refractivity contribution in [2.75, 3.05) is 13.1 Å². The van der Waals surface area contributed by atoms with Crippen LogP contribution < -0.4 is 16.2 Å². The lowest BCUT2D eigenvalue weighted by Gasteiger charge is -2.40. The van der Waals surface area contributed by atoms with E-state index < -0.39 is 29.8 Å². The lowest BCUT2D eigenvalue weighted by molar-refractivity contribution is -0.190. The van der Waals surface area contributed by atoms with Gasteiger partial charge in [0.15, 0.2) is 0 Å². The number of hydrazine groups is 1. The fourth-order valence-corrected chi connectivity index (χ4v) is 6.87. The molecular formula is C29H33F5N6O. The molecule has 6 rings (SSSR count). The second-order valence-electron chi connectivity index (χ2n) is 11.7. The van der Waals surface area contributed by atoms with Crippen LogP contribution in [0.15, 0.2) is 42.6 Å². The zero-order valence-corrected chi connectivity index (χ0v) is 22.6. The van der Waals surface area contributed by atoms with Gasteiger partial charge in [-0.1, -0.05) is 12.1 Å². The number of benzene rings is 2. The maximum Gasteiger partial charge on any atom is 0.393 e. The number of aromatic nitrogens is 2. The third-order valence-corrected chi connectivity index (χ3v) is 8.90. The third kappa shape index (κ3) is 5.82. The predicted octanol–water partition coefficient (Wildman–Crippen LogP) is 4.35. The number of carbonyl (C=O) groups excluding carboxylic acids is 1. The van der Waals surface area contributed by atoms with Crippen LogP contribution in [-0.4, -0.2) is 51.9 Å². The van der Waals surface area contributed by atoms with Crippen molar-refractivity contribution in [2.45, 2.75) is 56.5 Å². The second-order valence-corrected chi connectivity index (χ2v) is 11.7. The van der Waals surface area contributed by atoms with Gasteiger partial charge in [-0.15, -0.1) is 0 Å². The summed E-state index contributed by atoms with van der Waals surface area (Å²) in [5, 5.41) is 8.33. The number of nitrogens with one attached hydrogen (secondary N) is 3. The minimum absolute atomic E-state index is 0.0179. The van der Waals surface area contributed by atoms with Crippen LogP contribution in [0, 0.1) is 29.4 Å². The van der Waals surface area contributed by atoms with Crippen molar-refractivity contribution in [3.05, 3.63) is 65.4 Å². The number of hydrogen-bond donors (Lipinski definition) is 3. The molecule has 3 N–H and O–H groups in total. The highest BCUT2D eigenvalue weighted by atomic mass is 19.4. The number of likely N-dealkylation sites (tertiary alicyclic amines) is 1. The second kappa shape index (κ2) is 11.0. The molecule has 12 heteroatoms. The molecule has 3 heterocycles. The molecule has 41 heavy (non-hydrogen) atoms. The van der Waals surface area contributed by atoms with Gasteiger partial charge in [-0.05, 0) is 61.4 Å². The first kappa shape index (κ1) is 28.0. The van der Waals surface area contributed by atoms with Crippen molar-refractivity contribution < 1.29 is 26.7 Å². The summed E-state index contributed by atoms with van der Waals surface area (Å²) >= 11 is 0. The van der Waals surface area contributed by atoms with Crippen LogP contribution in [0.1, 0.15) is 42.9 Å². The SMILES string of the molecule is Cn1cc2cc(C3NNC4CCC(C(=O)N[C@@H]5C[C@H](C(F)(F)F)CN(Cc6c(F)cccc6F)C5)CC43)ccc2n1. The minimum atomic E-state index is -4.49. The highest BCUT2D eigenvalue weighted by molar-refractivity contribution is 5.80. The van der Waals surface area contributed by atoms with E-state index in [2.05, 4.69) is 27.3 Å². The molecule has 0 spiro atoms. The first-order valence-electron chi connectivity index (χ1n) is 14.0. The molecule has 3 aromatic rings. The summed E-state index contributed by atoms with van der Waals surface area (Å²) in [4.78, 5) is 14.8. The highest BCUT2D eigenvalue weighted by Crippen LogP contribution is 2.41. The predicted molar refractivity (Wildman–Crippen MR) is 142 cm³/mol. The van der Waals surface area contributed by atoms with Gasteiger partial charge < -0.3 is 5.32 Å². The zero-order chi connectivity index (χ0) is 28.9. The summed E-state index contributed by atoms with van der Waals surface area (Å²) < 4.78 is 71.7. The topological polar surface area (TPSA) is 74.2 Å². The molecule has 3 fully saturated rings. The molecule has 1 aliphatic carbocycles.